The first-order chi connectivity index (χ1) is 8.81. The Morgan fingerprint density at radius 3 is 2.61 bits per heavy atom. The number of aromatic nitrogens is 2. The van der Waals surface area contributed by atoms with Crippen molar-refractivity contribution in [3.8, 4) is 0 Å². The molecule has 94 valence electrons. The lowest BCUT2D eigenvalue weighted by atomic mass is 10.1. The first kappa shape index (κ1) is 11.5. The molecule has 1 aliphatic rings. The van der Waals surface area contributed by atoms with Crippen LogP contribution in [0.25, 0.3) is 0 Å². The van der Waals surface area contributed by atoms with Crippen LogP contribution >= 0.6 is 0 Å². The van der Waals surface area contributed by atoms with Crippen LogP contribution in [0.4, 0.5) is 0 Å². The minimum atomic E-state index is 0.610. The molecule has 1 aromatic carbocycles. The summed E-state index contributed by atoms with van der Waals surface area (Å²) in [4.78, 5) is 0. The van der Waals surface area contributed by atoms with Crippen LogP contribution in [0.5, 0.6) is 0 Å². The fraction of sp³-hybridized carbons (Fsp3) is 0.400. The van der Waals surface area contributed by atoms with Crippen LogP contribution in [-0.4, -0.2) is 22.4 Å². The molecule has 3 rings (SSSR count). The Balaban J connectivity index is 1.48. The Morgan fingerprint density at radius 1 is 1.28 bits per heavy atom. The van der Waals surface area contributed by atoms with Crippen molar-refractivity contribution in [2.24, 2.45) is 7.05 Å². The van der Waals surface area contributed by atoms with Crippen LogP contribution in [0.1, 0.15) is 16.7 Å². The largest absolute Gasteiger partial charge is 0.313 e. The van der Waals surface area contributed by atoms with Gasteiger partial charge in [-0.3, -0.25) is 4.68 Å². The lowest BCUT2D eigenvalue weighted by Gasteiger charge is -2.10. The van der Waals surface area contributed by atoms with Gasteiger partial charge in [-0.2, -0.15) is 5.10 Å². The molecule has 1 aliphatic carbocycles. The quantitative estimate of drug-likeness (QED) is 0.883. The van der Waals surface area contributed by atoms with Crippen LogP contribution in [0.15, 0.2) is 36.7 Å². The molecule has 0 spiro atoms. The van der Waals surface area contributed by atoms with Crippen LogP contribution in [0, 0.1) is 0 Å². The second-order valence-electron chi connectivity index (χ2n) is 5.10. The Labute approximate surface area is 108 Å². The van der Waals surface area contributed by atoms with Crippen molar-refractivity contribution in [2.45, 2.75) is 25.3 Å². The van der Waals surface area contributed by atoms with Crippen LogP contribution < -0.4 is 5.32 Å². The molecule has 0 amide bonds. The zero-order chi connectivity index (χ0) is 12.4. The first-order valence-electron chi connectivity index (χ1n) is 6.59. The smallest absolute Gasteiger partial charge is 0.0522 e. The van der Waals surface area contributed by atoms with Gasteiger partial charge in [-0.05, 0) is 42.5 Å². The molecule has 0 fully saturated rings. The Bertz CT molecular complexity index is 505. The first-order valence-corrected chi connectivity index (χ1v) is 6.59. The van der Waals surface area contributed by atoms with Gasteiger partial charge in [-0.25, -0.2) is 0 Å². The Kier molecular flexibility index (Phi) is 3.15. The number of fused-ring (bicyclic) bond motifs is 1. The number of hydrogen-bond donors (Lipinski definition) is 1. The predicted octanol–water partition coefficient (Wildman–Crippen LogP) is 1.72. The molecule has 0 unspecified atom stereocenters. The van der Waals surface area contributed by atoms with Gasteiger partial charge in [0.05, 0.1) is 6.20 Å². The molecule has 0 aliphatic heterocycles. The van der Waals surface area contributed by atoms with E-state index >= 15 is 0 Å². The van der Waals surface area contributed by atoms with Crippen LogP contribution in [0.3, 0.4) is 0 Å². The lowest BCUT2D eigenvalue weighted by molar-refractivity contribution is 0.536. The second kappa shape index (κ2) is 4.94. The van der Waals surface area contributed by atoms with Crippen molar-refractivity contribution in [3.05, 3.63) is 53.3 Å². The molecule has 1 heterocycles. The Morgan fingerprint density at radius 2 is 2.00 bits per heavy atom. The van der Waals surface area contributed by atoms with Gasteiger partial charge in [-0.15, -0.1) is 0 Å². The third-order valence-corrected chi connectivity index (χ3v) is 3.66. The number of aryl methyl sites for hydroxylation is 1. The van der Waals surface area contributed by atoms with E-state index in [2.05, 4.69) is 40.9 Å². The van der Waals surface area contributed by atoms with E-state index in [1.54, 1.807) is 0 Å². The fourth-order valence-electron chi connectivity index (χ4n) is 2.72. The van der Waals surface area contributed by atoms with Crippen molar-refractivity contribution >= 4 is 0 Å². The SMILES string of the molecule is Cn1cc(CCNC2Cc3ccccc3C2)cn1. The minimum absolute atomic E-state index is 0.610. The molecule has 1 N–H and O–H groups in total. The summed E-state index contributed by atoms with van der Waals surface area (Å²) in [6.07, 6.45) is 7.43. The minimum Gasteiger partial charge on any atom is -0.313 e. The maximum atomic E-state index is 4.19. The number of rotatable bonds is 4. The molecule has 0 saturated heterocycles. The summed E-state index contributed by atoms with van der Waals surface area (Å²) in [5.74, 6) is 0. The van der Waals surface area contributed by atoms with Crippen molar-refractivity contribution in [2.75, 3.05) is 6.54 Å². The summed E-state index contributed by atoms with van der Waals surface area (Å²) in [5.41, 5.74) is 4.33. The fourth-order valence-corrected chi connectivity index (χ4v) is 2.72. The highest BCUT2D eigenvalue weighted by Crippen LogP contribution is 2.21. The maximum absolute atomic E-state index is 4.19. The number of nitrogens with one attached hydrogen (secondary N) is 1. The second-order valence-corrected chi connectivity index (χ2v) is 5.10. The average Bonchev–Trinajstić information content (AvgIpc) is 2.95. The van der Waals surface area contributed by atoms with Crippen LogP contribution in [0.2, 0.25) is 0 Å². The third-order valence-electron chi connectivity index (χ3n) is 3.66. The molecule has 1 aromatic heterocycles. The summed E-state index contributed by atoms with van der Waals surface area (Å²) in [7, 11) is 1.96. The number of hydrogen-bond acceptors (Lipinski definition) is 2. The van der Waals surface area contributed by atoms with E-state index in [1.807, 2.05) is 17.9 Å². The van der Waals surface area contributed by atoms with E-state index in [0.29, 0.717) is 6.04 Å². The molecule has 0 atom stereocenters. The average molecular weight is 241 g/mol. The van der Waals surface area contributed by atoms with Gasteiger partial charge in [0, 0.05) is 19.3 Å². The lowest BCUT2D eigenvalue weighted by Crippen LogP contribution is -2.31. The normalized spacial score (nSPS) is 14.9. The van der Waals surface area contributed by atoms with Gasteiger partial charge in [0.2, 0.25) is 0 Å². The van der Waals surface area contributed by atoms with E-state index in [-0.39, 0.29) is 0 Å². The van der Waals surface area contributed by atoms with Gasteiger partial charge in [0.25, 0.3) is 0 Å². The van der Waals surface area contributed by atoms with Crippen molar-refractivity contribution in [1.29, 1.82) is 0 Å². The van der Waals surface area contributed by atoms with Gasteiger partial charge >= 0.3 is 0 Å². The molecule has 0 saturated carbocycles. The van der Waals surface area contributed by atoms with E-state index in [0.717, 1.165) is 13.0 Å². The highest BCUT2D eigenvalue weighted by molar-refractivity contribution is 5.33. The topological polar surface area (TPSA) is 29.9 Å². The zero-order valence-corrected chi connectivity index (χ0v) is 10.8. The van der Waals surface area contributed by atoms with Crippen molar-refractivity contribution in [1.82, 2.24) is 15.1 Å². The summed E-state index contributed by atoms with van der Waals surface area (Å²) in [5, 5.41) is 7.84. The highest BCUT2D eigenvalue weighted by atomic mass is 15.2. The summed E-state index contributed by atoms with van der Waals surface area (Å²) >= 11 is 0. The molecule has 0 bridgehead atoms. The molecule has 0 radical (unpaired) electrons. The monoisotopic (exact) mass is 241 g/mol. The summed E-state index contributed by atoms with van der Waals surface area (Å²) in [6.45, 7) is 1.03. The van der Waals surface area contributed by atoms with E-state index < -0.39 is 0 Å². The molecule has 3 heteroatoms. The molecular formula is C15H19N3. The molecule has 3 nitrogen and oxygen atoms in total. The van der Waals surface area contributed by atoms with Crippen molar-refractivity contribution in [3.63, 3.8) is 0 Å². The van der Waals surface area contributed by atoms with Gasteiger partial charge in [-0.1, -0.05) is 24.3 Å². The summed E-state index contributed by atoms with van der Waals surface area (Å²) < 4.78 is 1.86. The zero-order valence-electron chi connectivity index (χ0n) is 10.8. The maximum Gasteiger partial charge on any atom is 0.0522 e. The molecule has 2 aromatic rings. The van der Waals surface area contributed by atoms with Gasteiger partial charge in [0.1, 0.15) is 0 Å². The Hall–Kier alpha value is -1.61. The third kappa shape index (κ3) is 2.46. The van der Waals surface area contributed by atoms with Gasteiger partial charge < -0.3 is 5.32 Å². The van der Waals surface area contributed by atoms with E-state index in [9.17, 15) is 0 Å². The summed E-state index contributed by atoms with van der Waals surface area (Å²) in [6, 6.07) is 9.38. The molecular weight excluding hydrogens is 222 g/mol. The van der Waals surface area contributed by atoms with Crippen LogP contribution in [-0.2, 0) is 26.3 Å². The molecule has 18 heavy (non-hydrogen) atoms. The number of nitrogens with zero attached hydrogens (tertiary/aromatic N) is 2. The number of benzene rings is 1. The predicted molar refractivity (Wildman–Crippen MR) is 72.6 cm³/mol. The van der Waals surface area contributed by atoms with Gasteiger partial charge in [0.15, 0.2) is 0 Å². The van der Waals surface area contributed by atoms with E-state index in [1.165, 1.54) is 29.5 Å². The highest BCUT2D eigenvalue weighted by Gasteiger charge is 2.19. The standard InChI is InChI=1S/C15H19N3/c1-18-11-12(10-17-18)6-7-16-15-8-13-4-2-3-5-14(13)9-15/h2-5,10-11,15-16H,6-9H2,1H3. The van der Waals surface area contributed by atoms with Crippen molar-refractivity contribution < 1.29 is 0 Å². The van der Waals surface area contributed by atoms with E-state index in [4.69, 9.17) is 0 Å².